The highest BCUT2D eigenvalue weighted by Crippen LogP contribution is 2.23. The van der Waals surface area contributed by atoms with Crippen LogP contribution >= 0.6 is 0 Å². The summed E-state index contributed by atoms with van der Waals surface area (Å²) in [6.45, 7) is 7.58. The zero-order valence-electron chi connectivity index (χ0n) is 12.7. The summed E-state index contributed by atoms with van der Waals surface area (Å²) in [7, 11) is 2.15. The third-order valence-electron chi connectivity index (χ3n) is 4.00. The minimum Gasteiger partial charge on any atom is -0.481 e. The first-order valence-corrected chi connectivity index (χ1v) is 7.41. The van der Waals surface area contributed by atoms with Crippen molar-refractivity contribution in [2.75, 3.05) is 33.4 Å². The molecule has 4 nitrogen and oxygen atoms in total. The molecule has 0 aromatic carbocycles. The molecule has 19 heavy (non-hydrogen) atoms. The summed E-state index contributed by atoms with van der Waals surface area (Å²) in [5, 5.41) is 9.04. The lowest BCUT2D eigenvalue weighted by Gasteiger charge is -2.27. The highest BCUT2D eigenvalue weighted by Gasteiger charge is 2.26. The summed E-state index contributed by atoms with van der Waals surface area (Å²) >= 11 is 0. The number of hydrogen-bond acceptors (Lipinski definition) is 3. The molecule has 0 aliphatic carbocycles. The smallest absolute Gasteiger partial charge is 0.309 e. The van der Waals surface area contributed by atoms with Gasteiger partial charge in [-0.15, -0.1) is 0 Å². The predicted molar refractivity (Wildman–Crippen MR) is 76.3 cm³/mol. The summed E-state index contributed by atoms with van der Waals surface area (Å²) in [5.41, 5.74) is -0.588. The van der Waals surface area contributed by atoms with Crippen LogP contribution in [0, 0.1) is 11.3 Å². The molecule has 0 saturated carbocycles. The lowest BCUT2D eigenvalue weighted by Crippen LogP contribution is -2.31. The normalized spacial score (nSPS) is 20.7. The lowest BCUT2D eigenvalue weighted by molar-refractivity contribution is -0.147. The van der Waals surface area contributed by atoms with Crippen LogP contribution in [-0.4, -0.2) is 49.3 Å². The highest BCUT2D eigenvalue weighted by molar-refractivity contribution is 5.73. The Morgan fingerprint density at radius 3 is 2.74 bits per heavy atom. The van der Waals surface area contributed by atoms with Crippen molar-refractivity contribution in [1.29, 1.82) is 0 Å². The fraction of sp³-hybridized carbons (Fsp3) is 0.933. The van der Waals surface area contributed by atoms with Crippen molar-refractivity contribution in [2.45, 2.75) is 46.0 Å². The lowest BCUT2D eigenvalue weighted by atomic mass is 9.87. The Kier molecular flexibility index (Phi) is 6.80. The molecule has 0 radical (unpaired) electrons. The predicted octanol–water partition coefficient (Wildman–Crippen LogP) is 2.63. The van der Waals surface area contributed by atoms with E-state index in [1.807, 2.05) is 0 Å². The average Bonchev–Trinajstić information content (AvgIpc) is 2.36. The maximum Gasteiger partial charge on any atom is 0.309 e. The molecule has 1 aliphatic heterocycles. The largest absolute Gasteiger partial charge is 0.481 e. The quantitative estimate of drug-likeness (QED) is 0.689. The zero-order chi connectivity index (χ0) is 14.3. The number of carboxylic acids is 1. The third-order valence-corrected chi connectivity index (χ3v) is 4.00. The zero-order valence-corrected chi connectivity index (χ0v) is 12.7. The number of hydrogen-bond donors (Lipinski definition) is 1. The molecule has 0 amide bonds. The van der Waals surface area contributed by atoms with Crippen LogP contribution in [0.4, 0.5) is 0 Å². The molecule has 1 saturated heterocycles. The van der Waals surface area contributed by atoms with E-state index in [0.717, 1.165) is 45.6 Å². The second kappa shape index (κ2) is 7.85. The van der Waals surface area contributed by atoms with E-state index in [2.05, 4.69) is 11.9 Å². The molecule has 1 N–H and O–H groups in total. The maximum absolute atomic E-state index is 11.0. The van der Waals surface area contributed by atoms with E-state index in [0.29, 0.717) is 5.92 Å². The fourth-order valence-corrected chi connectivity index (χ4v) is 2.54. The van der Waals surface area contributed by atoms with Crippen LogP contribution in [0.2, 0.25) is 0 Å². The van der Waals surface area contributed by atoms with Crippen LogP contribution in [0.1, 0.15) is 46.0 Å². The van der Waals surface area contributed by atoms with Crippen molar-refractivity contribution in [3.63, 3.8) is 0 Å². The fourth-order valence-electron chi connectivity index (χ4n) is 2.54. The Balaban J connectivity index is 2.09. The van der Waals surface area contributed by atoms with Gasteiger partial charge in [-0.05, 0) is 59.0 Å². The first kappa shape index (κ1) is 16.4. The van der Waals surface area contributed by atoms with E-state index in [1.165, 1.54) is 12.8 Å². The Morgan fingerprint density at radius 2 is 2.16 bits per heavy atom. The van der Waals surface area contributed by atoms with E-state index in [-0.39, 0.29) is 0 Å². The number of carboxylic acid groups (broad SMARTS) is 1. The molecule has 0 spiro atoms. The van der Waals surface area contributed by atoms with Gasteiger partial charge in [0.25, 0.3) is 0 Å². The van der Waals surface area contributed by atoms with Crippen LogP contribution in [0.15, 0.2) is 0 Å². The van der Waals surface area contributed by atoms with E-state index < -0.39 is 11.4 Å². The maximum atomic E-state index is 11.0. The molecule has 0 aromatic rings. The monoisotopic (exact) mass is 271 g/mol. The van der Waals surface area contributed by atoms with Gasteiger partial charge in [0, 0.05) is 13.2 Å². The van der Waals surface area contributed by atoms with Crippen LogP contribution in [0.3, 0.4) is 0 Å². The molecule has 0 bridgehead atoms. The average molecular weight is 271 g/mol. The third kappa shape index (κ3) is 6.39. The molecular formula is C15H29NO3. The number of carbonyl (C=O) groups is 1. The SMILES string of the molecule is CN(CCCCC(C)(C)C(=O)O)CC1CCCOC1. The highest BCUT2D eigenvalue weighted by atomic mass is 16.5. The molecule has 1 atom stereocenters. The van der Waals surface area contributed by atoms with Gasteiger partial charge in [0.05, 0.1) is 12.0 Å². The van der Waals surface area contributed by atoms with Crippen molar-refractivity contribution in [1.82, 2.24) is 4.90 Å². The van der Waals surface area contributed by atoms with Crippen LogP contribution < -0.4 is 0 Å². The Bertz CT molecular complexity index is 273. The van der Waals surface area contributed by atoms with Crippen molar-refractivity contribution in [3.8, 4) is 0 Å². The van der Waals surface area contributed by atoms with Crippen LogP contribution in [-0.2, 0) is 9.53 Å². The van der Waals surface area contributed by atoms with Crippen LogP contribution in [0.5, 0.6) is 0 Å². The second-order valence-electron chi connectivity index (χ2n) is 6.49. The standard InChI is InChI=1S/C15H29NO3/c1-15(2,14(17)18)8-4-5-9-16(3)11-13-7-6-10-19-12-13/h13H,4-12H2,1-3H3,(H,17,18). The molecule has 1 aliphatic rings. The van der Waals surface area contributed by atoms with Gasteiger partial charge in [0.15, 0.2) is 0 Å². The van der Waals surface area contributed by atoms with Crippen molar-refractivity contribution >= 4 is 5.97 Å². The van der Waals surface area contributed by atoms with E-state index in [9.17, 15) is 4.79 Å². The number of aliphatic carboxylic acids is 1. The minimum absolute atomic E-state index is 0.588. The topological polar surface area (TPSA) is 49.8 Å². The summed E-state index contributed by atoms with van der Waals surface area (Å²) < 4.78 is 5.49. The molecule has 1 fully saturated rings. The van der Waals surface area contributed by atoms with Gasteiger partial charge in [0.1, 0.15) is 0 Å². The van der Waals surface area contributed by atoms with Gasteiger partial charge in [0.2, 0.25) is 0 Å². The summed E-state index contributed by atoms with van der Waals surface area (Å²) in [6.07, 6.45) is 5.26. The van der Waals surface area contributed by atoms with Gasteiger partial charge >= 0.3 is 5.97 Å². The van der Waals surface area contributed by atoms with Crippen molar-refractivity contribution < 1.29 is 14.6 Å². The Labute approximate surface area is 117 Å². The van der Waals surface area contributed by atoms with Crippen molar-refractivity contribution in [3.05, 3.63) is 0 Å². The number of ether oxygens (including phenoxy) is 1. The molecule has 112 valence electrons. The van der Waals surface area contributed by atoms with Gasteiger partial charge in [-0.3, -0.25) is 4.79 Å². The first-order valence-electron chi connectivity index (χ1n) is 7.41. The summed E-state index contributed by atoms with van der Waals surface area (Å²) in [4.78, 5) is 13.3. The number of rotatable bonds is 8. The molecule has 4 heteroatoms. The van der Waals surface area contributed by atoms with Gasteiger partial charge in [-0.1, -0.05) is 6.42 Å². The minimum atomic E-state index is -0.694. The van der Waals surface area contributed by atoms with Gasteiger partial charge in [-0.2, -0.15) is 0 Å². The van der Waals surface area contributed by atoms with Gasteiger partial charge < -0.3 is 14.7 Å². The van der Waals surface area contributed by atoms with Gasteiger partial charge in [-0.25, -0.2) is 0 Å². The first-order chi connectivity index (χ1) is 8.92. The molecule has 1 rings (SSSR count). The molecule has 1 unspecified atom stereocenters. The summed E-state index contributed by atoms with van der Waals surface area (Å²) in [6, 6.07) is 0. The van der Waals surface area contributed by atoms with Crippen LogP contribution in [0.25, 0.3) is 0 Å². The Hall–Kier alpha value is -0.610. The number of nitrogens with zero attached hydrogens (tertiary/aromatic N) is 1. The van der Waals surface area contributed by atoms with E-state index >= 15 is 0 Å². The van der Waals surface area contributed by atoms with Crippen molar-refractivity contribution in [2.24, 2.45) is 11.3 Å². The summed E-state index contributed by atoms with van der Waals surface area (Å²) in [5.74, 6) is -0.0191. The number of unbranched alkanes of at least 4 members (excludes halogenated alkanes) is 1. The molecule has 1 heterocycles. The Morgan fingerprint density at radius 1 is 1.42 bits per heavy atom. The van der Waals surface area contributed by atoms with E-state index in [1.54, 1.807) is 13.8 Å². The molecule has 0 aromatic heterocycles. The second-order valence-corrected chi connectivity index (χ2v) is 6.49. The molecular weight excluding hydrogens is 242 g/mol. The van der Waals surface area contributed by atoms with E-state index in [4.69, 9.17) is 9.84 Å².